The molecule has 0 bridgehead atoms. The zero-order valence-electron chi connectivity index (χ0n) is 5.67. The molecule has 0 aromatic carbocycles. The number of aliphatic hydroxyl groups excluding tert-OH is 1. The lowest BCUT2D eigenvalue weighted by atomic mass is 10.2. The van der Waals surface area contributed by atoms with Crippen molar-refractivity contribution in [1.29, 1.82) is 0 Å². The Balaban J connectivity index is 1.94. The molecule has 0 aromatic heterocycles. The molecule has 2 nitrogen and oxygen atoms in total. The van der Waals surface area contributed by atoms with Crippen molar-refractivity contribution >= 4 is 0 Å². The van der Waals surface area contributed by atoms with Crippen molar-refractivity contribution in [2.24, 2.45) is 17.8 Å². The summed E-state index contributed by atoms with van der Waals surface area (Å²) < 4.78 is 0. The minimum Gasteiger partial charge on any atom is -0.393 e. The summed E-state index contributed by atoms with van der Waals surface area (Å²) in [7, 11) is 0. The molecule has 1 aliphatic heterocycles. The molecule has 52 valence electrons. The number of fused-ring (bicyclic) bond motifs is 1. The third kappa shape index (κ3) is 0.700. The molecule has 1 heterocycles. The van der Waals surface area contributed by atoms with Gasteiger partial charge in [0.25, 0.3) is 0 Å². The maximum Gasteiger partial charge on any atom is 0.0546 e. The molecule has 0 amide bonds. The quantitative estimate of drug-likeness (QED) is 0.512. The average Bonchev–Trinajstić information content (AvgIpc) is 2.30. The summed E-state index contributed by atoms with van der Waals surface area (Å²) in [6, 6.07) is 0. The van der Waals surface area contributed by atoms with Crippen LogP contribution in [0.4, 0.5) is 0 Å². The maximum atomic E-state index is 9.17. The molecule has 4 atom stereocenters. The molecule has 9 heavy (non-hydrogen) atoms. The number of aliphatic hydroxyl groups is 1. The monoisotopic (exact) mass is 127 g/mol. The van der Waals surface area contributed by atoms with E-state index in [1.807, 2.05) is 6.92 Å². The second kappa shape index (κ2) is 1.70. The van der Waals surface area contributed by atoms with Crippen LogP contribution in [-0.4, -0.2) is 24.3 Å². The number of piperidine rings is 1. The lowest BCUT2D eigenvalue weighted by molar-refractivity contribution is 0.156. The first-order valence-electron chi connectivity index (χ1n) is 3.69. The predicted octanol–water partition coefficient (Wildman–Crippen LogP) is -0.167. The van der Waals surface area contributed by atoms with Crippen molar-refractivity contribution < 1.29 is 5.11 Å². The van der Waals surface area contributed by atoms with Crippen molar-refractivity contribution in [3.63, 3.8) is 0 Å². The second-order valence-electron chi connectivity index (χ2n) is 3.30. The van der Waals surface area contributed by atoms with Gasteiger partial charge in [-0.1, -0.05) is 0 Å². The van der Waals surface area contributed by atoms with E-state index in [1.165, 1.54) is 0 Å². The van der Waals surface area contributed by atoms with Crippen LogP contribution >= 0.6 is 0 Å². The van der Waals surface area contributed by atoms with Crippen molar-refractivity contribution in [1.82, 2.24) is 5.32 Å². The molecule has 2 heteroatoms. The van der Waals surface area contributed by atoms with E-state index in [0.29, 0.717) is 5.92 Å². The van der Waals surface area contributed by atoms with Crippen LogP contribution < -0.4 is 5.32 Å². The van der Waals surface area contributed by atoms with Gasteiger partial charge in [0.05, 0.1) is 6.10 Å². The van der Waals surface area contributed by atoms with Gasteiger partial charge in [0.1, 0.15) is 0 Å². The largest absolute Gasteiger partial charge is 0.393 e. The molecule has 0 spiro atoms. The molecule has 0 aromatic rings. The van der Waals surface area contributed by atoms with Gasteiger partial charge in [-0.15, -0.1) is 0 Å². The van der Waals surface area contributed by atoms with Crippen molar-refractivity contribution in [2.75, 3.05) is 13.1 Å². The van der Waals surface area contributed by atoms with Gasteiger partial charge in [0, 0.05) is 0 Å². The van der Waals surface area contributed by atoms with E-state index >= 15 is 0 Å². The van der Waals surface area contributed by atoms with Crippen LogP contribution in [0.1, 0.15) is 6.92 Å². The van der Waals surface area contributed by atoms with Crippen LogP contribution in [-0.2, 0) is 0 Å². The van der Waals surface area contributed by atoms with Gasteiger partial charge >= 0.3 is 0 Å². The van der Waals surface area contributed by atoms with E-state index in [2.05, 4.69) is 5.32 Å². The molecule has 3 unspecified atom stereocenters. The first-order valence-corrected chi connectivity index (χ1v) is 3.69. The van der Waals surface area contributed by atoms with Gasteiger partial charge in [0.2, 0.25) is 0 Å². The summed E-state index contributed by atoms with van der Waals surface area (Å²) >= 11 is 0. The Morgan fingerprint density at radius 3 is 2.33 bits per heavy atom. The molecule has 1 aliphatic carbocycles. The van der Waals surface area contributed by atoms with Crippen molar-refractivity contribution in [3.05, 3.63) is 0 Å². The van der Waals surface area contributed by atoms with Crippen LogP contribution in [0.3, 0.4) is 0 Å². The van der Waals surface area contributed by atoms with Crippen molar-refractivity contribution in [2.45, 2.75) is 13.0 Å². The first-order chi connectivity index (χ1) is 4.30. The highest BCUT2D eigenvalue weighted by atomic mass is 16.3. The predicted molar refractivity (Wildman–Crippen MR) is 35.0 cm³/mol. The highest BCUT2D eigenvalue weighted by molar-refractivity contribution is 5.05. The van der Waals surface area contributed by atoms with Gasteiger partial charge in [-0.3, -0.25) is 0 Å². The summed E-state index contributed by atoms with van der Waals surface area (Å²) in [6.45, 7) is 4.18. The minimum absolute atomic E-state index is 0.0675. The zero-order chi connectivity index (χ0) is 6.43. The van der Waals surface area contributed by atoms with Crippen LogP contribution in [0.15, 0.2) is 0 Å². The molecule has 2 rings (SSSR count). The van der Waals surface area contributed by atoms with Gasteiger partial charge in [0.15, 0.2) is 0 Å². The Kier molecular flexibility index (Phi) is 1.08. The summed E-state index contributed by atoms with van der Waals surface area (Å²) in [4.78, 5) is 0. The third-order valence-corrected chi connectivity index (χ3v) is 2.71. The van der Waals surface area contributed by atoms with Gasteiger partial charge < -0.3 is 10.4 Å². The molecular formula is C7H13NO. The maximum absolute atomic E-state index is 9.17. The summed E-state index contributed by atoms with van der Waals surface area (Å²) in [5.41, 5.74) is 0. The van der Waals surface area contributed by atoms with E-state index in [1.54, 1.807) is 0 Å². The SMILES string of the molecule is CC(O)C1C2CNC[C@@H]21. The lowest BCUT2D eigenvalue weighted by Crippen LogP contribution is -2.19. The zero-order valence-corrected chi connectivity index (χ0v) is 5.67. The Labute approximate surface area is 55.3 Å². The second-order valence-corrected chi connectivity index (χ2v) is 3.30. The number of hydrogen-bond acceptors (Lipinski definition) is 2. The van der Waals surface area contributed by atoms with Gasteiger partial charge in [-0.25, -0.2) is 0 Å². The smallest absolute Gasteiger partial charge is 0.0546 e. The molecule has 2 N–H and O–H groups in total. The normalized spacial score (nSPS) is 50.7. The fraction of sp³-hybridized carbons (Fsp3) is 1.00. The number of nitrogens with one attached hydrogen (secondary N) is 1. The van der Waals surface area contributed by atoms with E-state index < -0.39 is 0 Å². The molecule has 2 aliphatic rings. The Bertz CT molecular complexity index is 114. The number of hydrogen-bond donors (Lipinski definition) is 2. The van der Waals surface area contributed by atoms with E-state index in [9.17, 15) is 5.11 Å². The van der Waals surface area contributed by atoms with E-state index in [0.717, 1.165) is 24.9 Å². The summed E-state index contributed by atoms with van der Waals surface area (Å²) in [5, 5.41) is 12.5. The van der Waals surface area contributed by atoms with E-state index in [4.69, 9.17) is 0 Å². The fourth-order valence-electron chi connectivity index (χ4n) is 2.18. The molecule has 0 radical (unpaired) electrons. The fourth-order valence-corrected chi connectivity index (χ4v) is 2.18. The molecule has 1 saturated heterocycles. The van der Waals surface area contributed by atoms with Crippen LogP contribution in [0, 0.1) is 17.8 Å². The Morgan fingerprint density at radius 2 is 2.00 bits per heavy atom. The average molecular weight is 127 g/mol. The standard InChI is InChI=1S/C7H13NO/c1-4(9)7-5-2-8-3-6(5)7/h4-9H,2-3H2,1H3/t4?,5-,6?,7?/m0/s1. The first kappa shape index (κ1) is 5.69. The van der Waals surface area contributed by atoms with Gasteiger partial charge in [-0.2, -0.15) is 0 Å². The van der Waals surface area contributed by atoms with E-state index in [-0.39, 0.29) is 6.10 Å². The molecule has 1 saturated carbocycles. The van der Waals surface area contributed by atoms with Crippen LogP contribution in [0.5, 0.6) is 0 Å². The summed E-state index contributed by atoms with van der Waals surface area (Å²) in [5.74, 6) is 2.25. The molecular weight excluding hydrogens is 114 g/mol. The number of rotatable bonds is 1. The minimum atomic E-state index is -0.0675. The third-order valence-electron chi connectivity index (χ3n) is 2.71. The van der Waals surface area contributed by atoms with Crippen molar-refractivity contribution in [3.8, 4) is 0 Å². The highest BCUT2D eigenvalue weighted by Gasteiger charge is 2.54. The summed E-state index contributed by atoms with van der Waals surface area (Å²) in [6.07, 6.45) is -0.0675. The lowest BCUT2D eigenvalue weighted by Gasteiger charge is -2.05. The highest BCUT2D eigenvalue weighted by Crippen LogP contribution is 2.50. The molecule has 2 fully saturated rings. The van der Waals surface area contributed by atoms with Gasteiger partial charge in [-0.05, 0) is 37.8 Å². The van der Waals surface area contributed by atoms with Crippen LogP contribution in [0.25, 0.3) is 0 Å². The van der Waals surface area contributed by atoms with Crippen LogP contribution in [0.2, 0.25) is 0 Å². The Hall–Kier alpha value is -0.0800. The Morgan fingerprint density at radius 1 is 1.44 bits per heavy atom. The topological polar surface area (TPSA) is 32.3 Å².